The Hall–Kier alpha value is -3.58. The molecule has 0 amide bonds. The van der Waals surface area contributed by atoms with Crippen molar-refractivity contribution in [1.29, 1.82) is 0 Å². The van der Waals surface area contributed by atoms with Crippen LogP contribution in [-0.4, -0.2) is 25.7 Å². The van der Waals surface area contributed by atoms with E-state index in [1.54, 1.807) is 36.9 Å². The molecule has 3 aromatic heterocycles. The van der Waals surface area contributed by atoms with E-state index >= 15 is 0 Å². The Morgan fingerprint density at radius 2 is 1.90 bits per heavy atom. The van der Waals surface area contributed by atoms with Crippen molar-refractivity contribution < 1.29 is 4.79 Å². The Balaban J connectivity index is 1.76. The molecular weight excluding hydrogens is 394 g/mol. The van der Waals surface area contributed by atoms with Crippen molar-refractivity contribution in [1.82, 2.24) is 19.9 Å². The number of nitrogens with zero attached hydrogens (tertiary/aromatic N) is 3. The maximum absolute atomic E-state index is 11.5. The number of hydrogen-bond acceptors (Lipinski definition) is 6. The molecule has 0 fully saturated rings. The Morgan fingerprint density at radius 1 is 1.10 bits per heavy atom. The largest absolute Gasteiger partial charge is 0.360 e. The molecule has 1 aromatic carbocycles. The van der Waals surface area contributed by atoms with Gasteiger partial charge in [0.2, 0.25) is 0 Å². The van der Waals surface area contributed by atoms with E-state index in [4.69, 9.17) is 4.98 Å². The highest BCUT2D eigenvalue weighted by Crippen LogP contribution is 2.39. The molecule has 0 spiro atoms. The monoisotopic (exact) mass is 415 g/mol. The minimum atomic E-state index is 0.0826. The van der Waals surface area contributed by atoms with Crippen LogP contribution in [0.15, 0.2) is 67.3 Å². The first-order valence-corrected chi connectivity index (χ1v) is 10.3. The van der Waals surface area contributed by atoms with Crippen molar-refractivity contribution in [2.45, 2.75) is 20.3 Å². The molecule has 0 saturated carbocycles. The van der Waals surface area contributed by atoms with Crippen LogP contribution in [0, 0.1) is 0 Å². The summed E-state index contributed by atoms with van der Waals surface area (Å²) in [6.45, 7) is 7.37. The second-order valence-electron chi connectivity index (χ2n) is 7.03. The molecule has 7 heteroatoms. The fourth-order valence-corrected chi connectivity index (χ4v) is 4.15. The van der Waals surface area contributed by atoms with Gasteiger partial charge in [-0.2, -0.15) is 0 Å². The number of Topliss-reactive ketones (excluding diaryl/α,β-unsaturated/α-hetero) is 1. The Kier molecular flexibility index (Phi) is 5.54. The number of allylic oxidation sites excluding steroid dienone is 1. The third-order valence-electron chi connectivity index (χ3n) is 4.35. The molecule has 150 valence electrons. The molecule has 2 N–H and O–H groups in total. The lowest BCUT2D eigenvalue weighted by molar-refractivity contribution is -0.116. The molecule has 0 bridgehead atoms. The summed E-state index contributed by atoms with van der Waals surface area (Å²) in [5.74, 6) is 0.857. The van der Waals surface area contributed by atoms with Gasteiger partial charge in [0.25, 0.3) is 0 Å². The summed E-state index contributed by atoms with van der Waals surface area (Å²) in [4.78, 5) is 29.3. The lowest BCUT2D eigenvalue weighted by Crippen LogP contribution is -1.98. The molecule has 0 aliphatic rings. The van der Waals surface area contributed by atoms with Gasteiger partial charge >= 0.3 is 0 Å². The summed E-state index contributed by atoms with van der Waals surface area (Å²) in [5, 5.41) is 4.07. The Morgan fingerprint density at radius 3 is 2.57 bits per heavy atom. The molecule has 6 nitrogen and oxygen atoms in total. The van der Waals surface area contributed by atoms with E-state index in [2.05, 4.69) is 26.8 Å². The van der Waals surface area contributed by atoms with E-state index in [1.165, 1.54) is 0 Å². The van der Waals surface area contributed by atoms with Gasteiger partial charge in [0, 0.05) is 53.2 Å². The number of H-pyrrole nitrogens is 1. The van der Waals surface area contributed by atoms with Gasteiger partial charge in [0.05, 0.1) is 10.6 Å². The minimum absolute atomic E-state index is 0.0826. The first-order valence-electron chi connectivity index (χ1n) is 9.48. The van der Waals surface area contributed by atoms with Crippen LogP contribution in [0.3, 0.4) is 0 Å². The molecule has 0 saturated heterocycles. The number of rotatable bonds is 7. The summed E-state index contributed by atoms with van der Waals surface area (Å²) in [6, 6.07) is 11.9. The third-order valence-corrected chi connectivity index (χ3v) is 5.46. The number of pyridine rings is 1. The average Bonchev–Trinajstić information content (AvgIpc) is 3.38. The number of carbonyl (C=O) groups excluding carboxylic acids is 1. The molecule has 0 unspecified atom stereocenters. The van der Waals surface area contributed by atoms with Crippen molar-refractivity contribution in [3.63, 3.8) is 0 Å². The number of hydrogen-bond donors (Lipinski definition) is 2. The first-order chi connectivity index (χ1) is 14.5. The minimum Gasteiger partial charge on any atom is -0.360 e. The van der Waals surface area contributed by atoms with Crippen LogP contribution in [-0.2, 0) is 11.2 Å². The van der Waals surface area contributed by atoms with Crippen molar-refractivity contribution in [2.75, 3.05) is 5.32 Å². The van der Waals surface area contributed by atoms with E-state index in [-0.39, 0.29) is 5.78 Å². The number of imidazole rings is 1. The molecule has 0 radical (unpaired) electrons. The highest BCUT2D eigenvalue weighted by molar-refractivity contribution is 7.18. The summed E-state index contributed by atoms with van der Waals surface area (Å²) < 4.78 is 0. The zero-order chi connectivity index (χ0) is 21.1. The van der Waals surface area contributed by atoms with Crippen LogP contribution in [0.2, 0.25) is 0 Å². The quantitative estimate of drug-likeness (QED) is 0.426. The number of nitrogens with one attached hydrogen (secondary N) is 2. The summed E-state index contributed by atoms with van der Waals surface area (Å²) in [5.41, 5.74) is 5.39. The van der Waals surface area contributed by atoms with Crippen molar-refractivity contribution >= 4 is 22.8 Å². The third kappa shape index (κ3) is 4.36. The highest BCUT2D eigenvalue weighted by Gasteiger charge is 2.18. The molecule has 0 aliphatic carbocycles. The SMILES string of the molecule is C=C(C)Nc1ccc(-c2nc(-c3ccnc(CC(C)=O)c3)sc2-c2ncc[nH]2)cc1. The fraction of sp³-hybridized carbons (Fsp3) is 0.130. The normalized spacial score (nSPS) is 10.7. The molecular formula is C23H21N5OS. The van der Waals surface area contributed by atoms with E-state index in [9.17, 15) is 4.79 Å². The molecule has 0 aliphatic heterocycles. The Bertz CT molecular complexity index is 1190. The number of thiazole rings is 1. The van der Waals surface area contributed by atoms with Crippen LogP contribution < -0.4 is 5.32 Å². The van der Waals surface area contributed by atoms with E-state index in [1.807, 2.05) is 43.3 Å². The molecule has 4 aromatic rings. The molecule has 30 heavy (non-hydrogen) atoms. The van der Waals surface area contributed by atoms with Crippen molar-refractivity contribution in [2.24, 2.45) is 0 Å². The molecule has 4 rings (SSSR count). The fourth-order valence-electron chi connectivity index (χ4n) is 3.11. The summed E-state index contributed by atoms with van der Waals surface area (Å²) in [7, 11) is 0. The predicted octanol–water partition coefficient (Wildman–Crippen LogP) is 5.34. The predicted molar refractivity (Wildman–Crippen MR) is 121 cm³/mol. The lowest BCUT2D eigenvalue weighted by atomic mass is 10.1. The van der Waals surface area contributed by atoms with Crippen molar-refractivity contribution in [3.05, 3.63) is 73.0 Å². The Labute approximate surface area is 178 Å². The van der Waals surface area contributed by atoms with Gasteiger partial charge in [-0.15, -0.1) is 11.3 Å². The second kappa shape index (κ2) is 8.42. The highest BCUT2D eigenvalue weighted by atomic mass is 32.1. The van der Waals surface area contributed by atoms with Gasteiger partial charge in [-0.1, -0.05) is 18.7 Å². The van der Waals surface area contributed by atoms with Crippen LogP contribution in [0.5, 0.6) is 0 Å². The zero-order valence-corrected chi connectivity index (χ0v) is 17.6. The maximum Gasteiger partial charge on any atom is 0.149 e. The van der Waals surface area contributed by atoms with Crippen molar-refractivity contribution in [3.8, 4) is 32.5 Å². The standard InChI is InChI=1S/C23H21N5OS/c1-14(2)27-18-6-4-16(5-7-18)20-21(22-25-10-11-26-22)30-23(28-20)17-8-9-24-19(13-17)12-15(3)29/h4-11,13,27H,1,12H2,2-3H3,(H,25,26). The zero-order valence-electron chi connectivity index (χ0n) is 16.8. The number of carbonyl (C=O) groups is 1. The van der Waals surface area contributed by atoms with Crippen LogP contribution in [0.25, 0.3) is 32.5 Å². The number of anilines is 1. The average molecular weight is 416 g/mol. The number of ketones is 1. The molecule has 0 atom stereocenters. The van der Waals surface area contributed by atoms with Gasteiger partial charge < -0.3 is 10.3 Å². The second-order valence-corrected chi connectivity index (χ2v) is 8.03. The lowest BCUT2D eigenvalue weighted by Gasteiger charge is -2.06. The topological polar surface area (TPSA) is 83.6 Å². The van der Waals surface area contributed by atoms with Gasteiger partial charge in [-0.3, -0.25) is 9.78 Å². The summed E-state index contributed by atoms with van der Waals surface area (Å²) >= 11 is 1.56. The van der Waals surface area contributed by atoms with Gasteiger partial charge in [-0.05, 0) is 38.1 Å². The van der Waals surface area contributed by atoms with E-state index < -0.39 is 0 Å². The smallest absolute Gasteiger partial charge is 0.149 e. The van der Waals surface area contributed by atoms with Crippen LogP contribution in [0.4, 0.5) is 5.69 Å². The van der Waals surface area contributed by atoms with Gasteiger partial charge in [-0.25, -0.2) is 9.97 Å². The van der Waals surface area contributed by atoms with Gasteiger partial charge in [0.15, 0.2) is 0 Å². The maximum atomic E-state index is 11.5. The van der Waals surface area contributed by atoms with Crippen LogP contribution in [0.1, 0.15) is 19.5 Å². The van der Waals surface area contributed by atoms with E-state index in [0.29, 0.717) is 6.42 Å². The molecule has 3 heterocycles. The van der Waals surface area contributed by atoms with E-state index in [0.717, 1.165) is 49.6 Å². The van der Waals surface area contributed by atoms with Gasteiger partial charge in [0.1, 0.15) is 16.6 Å². The first kappa shape index (κ1) is 19.7. The number of benzene rings is 1. The van der Waals surface area contributed by atoms with Crippen LogP contribution >= 0.6 is 11.3 Å². The summed E-state index contributed by atoms with van der Waals surface area (Å²) in [6.07, 6.45) is 5.57. The number of aromatic nitrogens is 4. The number of aromatic amines is 1.